The molecule has 1 aromatic heterocycles. The molecular formula is C14H24N2OS. The number of likely N-dealkylation sites (N-methyl/N-ethyl adjacent to an activating group) is 1. The molecule has 1 heterocycles. The highest BCUT2D eigenvalue weighted by Gasteiger charge is 2.41. The van der Waals surface area contributed by atoms with Crippen LogP contribution in [0.15, 0.2) is 5.38 Å². The lowest BCUT2D eigenvalue weighted by Gasteiger charge is -2.46. The smallest absolute Gasteiger partial charge is 0.0897 e. The Kier molecular flexibility index (Phi) is 4.41. The summed E-state index contributed by atoms with van der Waals surface area (Å²) in [5.41, 5.74) is 0.993. The second-order valence-electron chi connectivity index (χ2n) is 5.64. The Morgan fingerprint density at radius 3 is 2.56 bits per heavy atom. The average Bonchev–Trinajstić information content (AvgIpc) is 2.75. The van der Waals surface area contributed by atoms with Crippen LogP contribution in [0.25, 0.3) is 0 Å². The van der Waals surface area contributed by atoms with Crippen molar-refractivity contribution >= 4 is 11.3 Å². The molecule has 4 heteroatoms. The molecule has 1 aromatic rings. The van der Waals surface area contributed by atoms with E-state index in [1.165, 1.54) is 19.3 Å². The minimum atomic E-state index is -0.311. The second-order valence-corrected chi connectivity index (χ2v) is 6.70. The van der Waals surface area contributed by atoms with E-state index in [0.29, 0.717) is 6.42 Å². The third-order valence-electron chi connectivity index (χ3n) is 4.30. The van der Waals surface area contributed by atoms with E-state index in [2.05, 4.69) is 29.4 Å². The molecule has 1 N–H and O–H groups in total. The molecule has 0 aliphatic heterocycles. The molecule has 0 aromatic carbocycles. The van der Waals surface area contributed by atoms with E-state index in [1.54, 1.807) is 11.3 Å². The van der Waals surface area contributed by atoms with Gasteiger partial charge in [0.1, 0.15) is 0 Å². The summed E-state index contributed by atoms with van der Waals surface area (Å²) in [6.45, 7) is 2.02. The predicted octanol–water partition coefficient (Wildman–Crippen LogP) is 2.62. The Balaban J connectivity index is 2.10. The van der Waals surface area contributed by atoms with Crippen LogP contribution in [0.5, 0.6) is 0 Å². The van der Waals surface area contributed by atoms with Gasteiger partial charge in [-0.05, 0) is 33.9 Å². The molecule has 0 bridgehead atoms. The van der Waals surface area contributed by atoms with E-state index in [0.717, 1.165) is 23.5 Å². The van der Waals surface area contributed by atoms with Crippen LogP contribution in [0.2, 0.25) is 0 Å². The van der Waals surface area contributed by atoms with Crippen LogP contribution in [-0.2, 0) is 6.42 Å². The lowest BCUT2D eigenvalue weighted by atomic mass is 9.75. The minimum Gasteiger partial charge on any atom is -0.391 e. The molecule has 0 spiro atoms. The maximum Gasteiger partial charge on any atom is 0.0897 e. The molecule has 1 fully saturated rings. The Bertz CT molecular complexity index is 383. The van der Waals surface area contributed by atoms with Gasteiger partial charge < -0.3 is 10.0 Å². The first-order valence-corrected chi connectivity index (χ1v) is 7.69. The first kappa shape index (κ1) is 14.0. The minimum absolute atomic E-state index is 0.0459. The monoisotopic (exact) mass is 268 g/mol. The number of aliphatic hydroxyl groups excluding tert-OH is 1. The number of aliphatic hydroxyl groups is 1. The zero-order valence-corrected chi connectivity index (χ0v) is 12.5. The van der Waals surface area contributed by atoms with E-state index in [4.69, 9.17) is 0 Å². The fourth-order valence-corrected chi connectivity index (χ4v) is 3.76. The summed E-state index contributed by atoms with van der Waals surface area (Å²) in [4.78, 5) is 6.71. The van der Waals surface area contributed by atoms with Gasteiger partial charge in [0.15, 0.2) is 0 Å². The Morgan fingerprint density at radius 2 is 2.06 bits per heavy atom. The number of hydrogen-bond donors (Lipinski definition) is 1. The Morgan fingerprint density at radius 1 is 1.39 bits per heavy atom. The molecule has 0 amide bonds. The fourth-order valence-electron chi connectivity index (χ4n) is 3.13. The topological polar surface area (TPSA) is 36.4 Å². The molecule has 0 saturated heterocycles. The predicted molar refractivity (Wildman–Crippen MR) is 76.1 cm³/mol. The summed E-state index contributed by atoms with van der Waals surface area (Å²) in [6.07, 6.45) is 6.33. The van der Waals surface area contributed by atoms with Gasteiger partial charge in [-0.15, -0.1) is 11.3 Å². The highest BCUT2D eigenvalue weighted by atomic mass is 32.1. The molecule has 1 aliphatic rings. The Labute approximate surface area is 114 Å². The summed E-state index contributed by atoms with van der Waals surface area (Å²) in [5, 5.41) is 13.8. The first-order valence-electron chi connectivity index (χ1n) is 6.81. The third kappa shape index (κ3) is 2.76. The van der Waals surface area contributed by atoms with Gasteiger partial charge >= 0.3 is 0 Å². The van der Waals surface area contributed by atoms with Gasteiger partial charge in [-0.25, -0.2) is 4.98 Å². The summed E-state index contributed by atoms with van der Waals surface area (Å²) in [7, 11) is 4.20. The molecule has 1 unspecified atom stereocenters. The maximum absolute atomic E-state index is 10.7. The molecule has 0 radical (unpaired) electrons. The van der Waals surface area contributed by atoms with Gasteiger partial charge in [-0.1, -0.05) is 19.3 Å². The van der Waals surface area contributed by atoms with Crippen LogP contribution in [0.4, 0.5) is 0 Å². The average molecular weight is 268 g/mol. The van der Waals surface area contributed by atoms with Crippen molar-refractivity contribution in [2.24, 2.45) is 0 Å². The maximum atomic E-state index is 10.7. The number of rotatable bonds is 4. The van der Waals surface area contributed by atoms with Gasteiger partial charge in [0, 0.05) is 17.3 Å². The van der Waals surface area contributed by atoms with Gasteiger partial charge in [0.25, 0.3) is 0 Å². The van der Waals surface area contributed by atoms with E-state index in [-0.39, 0.29) is 11.6 Å². The number of aryl methyl sites for hydroxylation is 1. The summed E-state index contributed by atoms with van der Waals surface area (Å²) < 4.78 is 0. The van der Waals surface area contributed by atoms with E-state index in [9.17, 15) is 5.11 Å². The van der Waals surface area contributed by atoms with Gasteiger partial charge in [-0.2, -0.15) is 0 Å². The molecule has 3 nitrogen and oxygen atoms in total. The molecule has 1 aliphatic carbocycles. The van der Waals surface area contributed by atoms with Crippen LogP contribution >= 0.6 is 11.3 Å². The molecule has 18 heavy (non-hydrogen) atoms. The van der Waals surface area contributed by atoms with Crippen molar-refractivity contribution in [3.63, 3.8) is 0 Å². The van der Waals surface area contributed by atoms with Crippen molar-refractivity contribution in [1.29, 1.82) is 0 Å². The number of aromatic nitrogens is 1. The van der Waals surface area contributed by atoms with Crippen molar-refractivity contribution in [3.05, 3.63) is 16.1 Å². The molecule has 2 rings (SSSR count). The summed E-state index contributed by atoms with van der Waals surface area (Å²) in [6, 6.07) is 0. The van der Waals surface area contributed by atoms with Crippen LogP contribution in [0.3, 0.4) is 0 Å². The van der Waals surface area contributed by atoms with Crippen molar-refractivity contribution in [3.8, 4) is 0 Å². The van der Waals surface area contributed by atoms with Crippen LogP contribution in [0, 0.1) is 6.92 Å². The van der Waals surface area contributed by atoms with Crippen molar-refractivity contribution in [2.45, 2.75) is 57.1 Å². The first-order chi connectivity index (χ1) is 8.54. The normalized spacial score (nSPS) is 21.2. The van der Waals surface area contributed by atoms with Crippen molar-refractivity contribution < 1.29 is 5.11 Å². The standard InChI is InChI=1S/C14H24N2OS/c1-11-15-12(10-18-11)9-13(17)14(16(2)3)7-5-4-6-8-14/h10,13,17H,4-9H2,1-3H3. The van der Waals surface area contributed by atoms with Crippen molar-refractivity contribution in [1.82, 2.24) is 9.88 Å². The molecule has 102 valence electrons. The zero-order valence-electron chi connectivity index (χ0n) is 11.6. The molecular weight excluding hydrogens is 244 g/mol. The molecule has 1 atom stereocenters. The zero-order chi connectivity index (χ0) is 13.2. The van der Waals surface area contributed by atoms with E-state index in [1.807, 2.05) is 6.92 Å². The quantitative estimate of drug-likeness (QED) is 0.912. The van der Waals surface area contributed by atoms with Crippen molar-refractivity contribution in [2.75, 3.05) is 14.1 Å². The highest BCUT2D eigenvalue weighted by Crippen LogP contribution is 2.36. The second kappa shape index (κ2) is 5.68. The van der Waals surface area contributed by atoms with Gasteiger partial charge in [0.2, 0.25) is 0 Å². The fraction of sp³-hybridized carbons (Fsp3) is 0.786. The number of nitrogens with zero attached hydrogens (tertiary/aromatic N) is 2. The lowest BCUT2D eigenvalue weighted by Crippen LogP contribution is -2.55. The summed E-state index contributed by atoms with van der Waals surface area (Å²) >= 11 is 1.66. The van der Waals surface area contributed by atoms with Crippen LogP contribution in [0.1, 0.15) is 42.8 Å². The van der Waals surface area contributed by atoms with E-state index < -0.39 is 0 Å². The highest BCUT2D eigenvalue weighted by molar-refractivity contribution is 7.09. The number of hydrogen-bond acceptors (Lipinski definition) is 4. The van der Waals surface area contributed by atoms with Crippen LogP contribution in [-0.4, -0.2) is 40.7 Å². The Hall–Kier alpha value is -0.450. The van der Waals surface area contributed by atoms with E-state index >= 15 is 0 Å². The van der Waals surface area contributed by atoms with Gasteiger partial charge in [-0.3, -0.25) is 0 Å². The van der Waals surface area contributed by atoms with Crippen LogP contribution < -0.4 is 0 Å². The SMILES string of the molecule is Cc1nc(CC(O)C2(N(C)C)CCCCC2)cs1. The third-order valence-corrected chi connectivity index (χ3v) is 5.12. The van der Waals surface area contributed by atoms with Gasteiger partial charge in [0.05, 0.1) is 16.8 Å². The largest absolute Gasteiger partial charge is 0.391 e. The molecule has 1 saturated carbocycles. The lowest BCUT2D eigenvalue weighted by molar-refractivity contribution is -0.0314. The number of thiazole rings is 1. The summed E-state index contributed by atoms with van der Waals surface area (Å²) in [5.74, 6) is 0.